The van der Waals surface area contributed by atoms with Crippen molar-refractivity contribution in [2.24, 2.45) is 0 Å². The van der Waals surface area contributed by atoms with Crippen LogP contribution in [0.1, 0.15) is 33.3 Å². The largest absolute Gasteiger partial charge is 0.350 e. The van der Waals surface area contributed by atoms with Gasteiger partial charge in [-0.2, -0.15) is 0 Å². The van der Waals surface area contributed by atoms with E-state index >= 15 is 0 Å². The van der Waals surface area contributed by atoms with Gasteiger partial charge in [-0.25, -0.2) is 8.42 Å². The van der Waals surface area contributed by atoms with E-state index in [0.717, 1.165) is 20.6 Å². The SMILES string of the molecule is CC(C(=O)NC(C)(C)C)N(Cc1cccc(Br)c1)C(=O)CN(c1cccc(Cl)c1)S(C)(=O)=O. The van der Waals surface area contributed by atoms with Crippen LogP contribution in [0, 0.1) is 0 Å². The van der Waals surface area contributed by atoms with Gasteiger partial charge in [-0.05, 0) is 63.6 Å². The van der Waals surface area contributed by atoms with Crippen molar-refractivity contribution in [3.05, 3.63) is 63.6 Å². The molecule has 33 heavy (non-hydrogen) atoms. The first kappa shape index (κ1) is 27.1. The number of benzene rings is 2. The van der Waals surface area contributed by atoms with Gasteiger partial charge in [-0.3, -0.25) is 13.9 Å². The number of anilines is 1. The lowest BCUT2D eigenvalue weighted by Crippen LogP contribution is -2.54. The number of carbonyl (C=O) groups excluding carboxylic acids is 2. The van der Waals surface area contributed by atoms with Gasteiger partial charge in [0.15, 0.2) is 0 Å². The molecule has 0 aliphatic carbocycles. The molecule has 180 valence electrons. The first-order valence-corrected chi connectivity index (χ1v) is 13.3. The highest BCUT2D eigenvalue weighted by molar-refractivity contribution is 9.10. The molecule has 0 bridgehead atoms. The number of rotatable bonds is 8. The summed E-state index contributed by atoms with van der Waals surface area (Å²) in [6.45, 7) is 6.83. The Morgan fingerprint density at radius 3 is 2.30 bits per heavy atom. The summed E-state index contributed by atoms with van der Waals surface area (Å²) in [5.41, 5.74) is 0.574. The fourth-order valence-electron chi connectivity index (χ4n) is 3.13. The van der Waals surface area contributed by atoms with Gasteiger partial charge in [0, 0.05) is 21.6 Å². The molecule has 10 heteroatoms. The predicted octanol–water partition coefficient (Wildman–Crippen LogP) is 4.20. The Balaban J connectivity index is 2.41. The lowest BCUT2D eigenvalue weighted by Gasteiger charge is -2.33. The second-order valence-electron chi connectivity index (χ2n) is 8.82. The molecule has 2 aromatic carbocycles. The van der Waals surface area contributed by atoms with Crippen LogP contribution in [0.4, 0.5) is 5.69 Å². The molecule has 1 atom stereocenters. The Morgan fingerprint density at radius 2 is 1.76 bits per heavy atom. The van der Waals surface area contributed by atoms with E-state index in [2.05, 4.69) is 21.2 Å². The summed E-state index contributed by atoms with van der Waals surface area (Å²) >= 11 is 9.46. The Labute approximate surface area is 209 Å². The average Bonchev–Trinajstić information content (AvgIpc) is 2.67. The van der Waals surface area contributed by atoms with Crippen LogP contribution in [-0.4, -0.2) is 49.5 Å². The summed E-state index contributed by atoms with van der Waals surface area (Å²) in [7, 11) is -3.80. The number of hydrogen-bond acceptors (Lipinski definition) is 4. The van der Waals surface area contributed by atoms with E-state index < -0.39 is 34.1 Å². The van der Waals surface area contributed by atoms with E-state index in [4.69, 9.17) is 11.6 Å². The summed E-state index contributed by atoms with van der Waals surface area (Å²) < 4.78 is 26.9. The van der Waals surface area contributed by atoms with Crippen LogP contribution < -0.4 is 9.62 Å². The van der Waals surface area contributed by atoms with Crippen LogP contribution in [0.2, 0.25) is 5.02 Å². The third-order valence-electron chi connectivity index (χ3n) is 4.68. The van der Waals surface area contributed by atoms with Gasteiger partial charge < -0.3 is 10.2 Å². The highest BCUT2D eigenvalue weighted by Gasteiger charge is 2.31. The standard InChI is InChI=1S/C23H29BrClN3O4S/c1-16(22(30)26-23(2,3)4)27(14-17-8-6-9-18(24)12-17)21(29)15-28(33(5,31)32)20-11-7-10-19(25)13-20/h6-13,16H,14-15H2,1-5H3,(H,26,30). The number of halogens is 2. The van der Waals surface area contributed by atoms with Gasteiger partial charge in [0.2, 0.25) is 21.8 Å². The third-order valence-corrected chi connectivity index (χ3v) is 6.55. The summed E-state index contributed by atoms with van der Waals surface area (Å²) in [4.78, 5) is 27.7. The van der Waals surface area contributed by atoms with Gasteiger partial charge in [-0.15, -0.1) is 0 Å². The zero-order valence-corrected chi connectivity index (χ0v) is 22.5. The third kappa shape index (κ3) is 8.32. The molecule has 0 aliphatic rings. The number of amides is 2. The number of carbonyl (C=O) groups is 2. The molecule has 0 saturated heterocycles. The fourth-order valence-corrected chi connectivity index (χ4v) is 4.61. The van der Waals surface area contributed by atoms with Crippen molar-refractivity contribution in [3.63, 3.8) is 0 Å². The van der Waals surface area contributed by atoms with Crippen molar-refractivity contribution >= 4 is 55.1 Å². The molecule has 2 amide bonds. The van der Waals surface area contributed by atoms with Crippen LogP contribution >= 0.6 is 27.5 Å². The lowest BCUT2D eigenvalue weighted by atomic mass is 10.1. The minimum Gasteiger partial charge on any atom is -0.350 e. The number of nitrogens with zero attached hydrogens (tertiary/aromatic N) is 2. The second-order valence-corrected chi connectivity index (χ2v) is 12.1. The molecule has 0 aromatic heterocycles. The van der Waals surface area contributed by atoms with Gasteiger partial charge in [0.05, 0.1) is 11.9 Å². The lowest BCUT2D eigenvalue weighted by molar-refractivity contribution is -0.140. The molecule has 2 aromatic rings. The normalized spacial score (nSPS) is 12.7. The van der Waals surface area contributed by atoms with Crippen molar-refractivity contribution in [1.82, 2.24) is 10.2 Å². The molecule has 7 nitrogen and oxygen atoms in total. The predicted molar refractivity (Wildman–Crippen MR) is 136 cm³/mol. The smallest absolute Gasteiger partial charge is 0.244 e. The van der Waals surface area contributed by atoms with Gasteiger partial charge >= 0.3 is 0 Å². The average molecular weight is 559 g/mol. The van der Waals surface area contributed by atoms with Crippen molar-refractivity contribution in [2.45, 2.75) is 45.8 Å². The molecule has 0 fully saturated rings. The van der Waals surface area contributed by atoms with Crippen molar-refractivity contribution in [1.29, 1.82) is 0 Å². The Kier molecular flexibility index (Phi) is 8.95. The maximum Gasteiger partial charge on any atom is 0.244 e. The zero-order valence-electron chi connectivity index (χ0n) is 19.3. The second kappa shape index (κ2) is 10.9. The van der Waals surface area contributed by atoms with Crippen LogP contribution in [0.3, 0.4) is 0 Å². The van der Waals surface area contributed by atoms with Gasteiger partial charge in [0.25, 0.3) is 0 Å². The first-order valence-electron chi connectivity index (χ1n) is 10.3. The van der Waals surface area contributed by atoms with Crippen molar-refractivity contribution in [3.8, 4) is 0 Å². The molecule has 0 aliphatic heterocycles. The van der Waals surface area contributed by atoms with E-state index in [1.54, 1.807) is 25.1 Å². The van der Waals surface area contributed by atoms with E-state index in [0.29, 0.717) is 5.02 Å². The maximum absolute atomic E-state index is 13.5. The first-order chi connectivity index (χ1) is 15.2. The Hall–Kier alpha value is -2.10. The van der Waals surface area contributed by atoms with Gasteiger partial charge in [-0.1, -0.05) is 45.7 Å². The minimum absolute atomic E-state index is 0.129. The quantitative estimate of drug-likeness (QED) is 0.526. The van der Waals surface area contributed by atoms with Crippen LogP contribution in [0.25, 0.3) is 0 Å². The zero-order chi connectivity index (χ0) is 25.0. The molecule has 0 saturated carbocycles. The molecule has 2 rings (SSSR count). The van der Waals surface area contributed by atoms with E-state index in [-0.39, 0.29) is 18.1 Å². The highest BCUT2D eigenvalue weighted by Crippen LogP contribution is 2.23. The molecular weight excluding hydrogens is 530 g/mol. The number of nitrogens with one attached hydrogen (secondary N) is 1. The topological polar surface area (TPSA) is 86.8 Å². The van der Waals surface area contributed by atoms with Gasteiger partial charge in [0.1, 0.15) is 12.6 Å². The molecule has 1 N–H and O–H groups in total. The molecule has 0 spiro atoms. The minimum atomic E-state index is -3.80. The van der Waals surface area contributed by atoms with E-state index in [1.165, 1.54) is 11.0 Å². The molecular formula is C23H29BrClN3O4S. The monoisotopic (exact) mass is 557 g/mol. The summed E-state index contributed by atoms with van der Waals surface area (Å²) in [6.07, 6.45) is 1.02. The van der Waals surface area contributed by atoms with Crippen LogP contribution in [-0.2, 0) is 26.2 Å². The van der Waals surface area contributed by atoms with Crippen molar-refractivity contribution < 1.29 is 18.0 Å². The Morgan fingerprint density at radius 1 is 1.12 bits per heavy atom. The number of hydrogen-bond donors (Lipinski definition) is 1. The fraction of sp³-hybridized carbons (Fsp3) is 0.391. The van der Waals surface area contributed by atoms with Crippen LogP contribution in [0.5, 0.6) is 0 Å². The summed E-state index contributed by atoms with van der Waals surface area (Å²) in [6, 6.07) is 12.8. The van der Waals surface area contributed by atoms with Crippen LogP contribution in [0.15, 0.2) is 53.0 Å². The van der Waals surface area contributed by atoms with Crippen molar-refractivity contribution in [2.75, 3.05) is 17.1 Å². The highest BCUT2D eigenvalue weighted by atomic mass is 79.9. The van der Waals surface area contributed by atoms with E-state index in [9.17, 15) is 18.0 Å². The maximum atomic E-state index is 13.5. The number of sulfonamides is 1. The molecule has 1 unspecified atom stereocenters. The summed E-state index contributed by atoms with van der Waals surface area (Å²) in [5.74, 6) is -0.851. The Bertz CT molecular complexity index is 1120. The molecule has 0 heterocycles. The molecule has 0 radical (unpaired) electrons. The van der Waals surface area contributed by atoms with E-state index in [1.807, 2.05) is 45.0 Å². The summed E-state index contributed by atoms with van der Waals surface area (Å²) in [5, 5.41) is 3.23.